The van der Waals surface area contributed by atoms with Crippen molar-refractivity contribution in [2.75, 3.05) is 19.4 Å². The van der Waals surface area contributed by atoms with Crippen molar-refractivity contribution in [1.29, 1.82) is 0 Å². The van der Waals surface area contributed by atoms with Crippen LogP contribution in [-0.4, -0.2) is 36.8 Å². The second-order valence-corrected chi connectivity index (χ2v) is 8.67. The molecule has 0 saturated carbocycles. The van der Waals surface area contributed by atoms with Crippen LogP contribution >= 0.6 is 6.64 Å². The first-order chi connectivity index (χ1) is 6.78. The fourth-order valence-corrected chi connectivity index (χ4v) is 5.16. The van der Waals surface area contributed by atoms with Crippen LogP contribution in [0.4, 0.5) is 0 Å². The lowest BCUT2D eigenvalue weighted by Gasteiger charge is -2.24. The Bertz CT molecular complexity index is 330. The van der Waals surface area contributed by atoms with E-state index in [4.69, 9.17) is 16.3 Å². The molecule has 92 valence electrons. The van der Waals surface area contributed by atoms with Gasteiger partial charge in [-0.3, -0.25) is 0 Å². The molecule has 0 radical (unpaired) electrons. The molecule has 15 heavy (non-hydrogen) atoms. The maximum atomic E-state index is 11.7. The van der Waals surface area contributed by atoms with Crippen molar-refractivity contribution >= 4 is 28.5 Å². The summed E-state index contributed by atoms with van der Waals surface area (Å²) in [5.74, 6) is -0.00791. The van der Waals surface area contributed by atoms with Crippen LogP contribution in [0.15, 0.2) is 0 Å². The van der Waals surface area contributed by atoms with Gasteiger partial charge >= 0.3 is 0 Å². The number of hydrogen-bond acceptors (Lipinski definition) is 4. The maximum Gasteiger partial charge on any atom is 0.274 e. The van der Waals surface area contributed by atoms with Gasteiger partial charge in [0.25, 0.3) is 6.64 Å². The molecule has 1 atom stereocenters. The minimum atomic E-state index is -3.50. The van der Waals surface area contributed by atoms with Gasteiger partial charge in [0.05, 0.1) is 12.4 Å². The van der Waals surface area contributed by atoms with Gasteiger partial charge in [0, 0.05) is 7.05 Å². The largest absolute Gasteiger partial charge is 0.333 e. The van der Waals surface area contributed by atoms with Crippen LogP contribution in [0.25, 0.3) is 0 Å². The van der Waals surface area contributed by atoms with Gasteiger partial charge in [0.2, 0.25) is 10.0 Å². The van der Waals surface area contributed by atoms with Crippen molar-refractivity contribution < 1.29 is 17.8 Å². The number of hydrogen-bond donors (Lipinski definition) is 1. The third kappa shape index (κ3) is 4.89. The zero-order chi connectivity index (χ0) is 12.1. The Labute approximate surface area is 96.7 Å². The highest BCUT2D eigenvalue weighted by atomic mass is 32.5. The van der Waals surface area contributed by atoms with Crippen molar-refractivity contribution in [3.05, 3.63) is 0 Å². The van der Waals surface area contributed by atoms with Crippen LogP contribution in [0, 0.1) is 0 Å². The predicted octanol–water partition coefficient (Wildman–Crippen LogP) is 1.30. The van der Waals surface area contributed by atoms with Crippen LogP contribution in [0.3, 0.4) is 0 Å². The highest BCUT2D eigenvalue weighted by Gasteiger charge is 2.30. The van der Waals surface area contributed by atoms with Crippen LogP contribution in [0.2, 0.25) is 0 Å². The molecule has 0 aliphatic carbocycles. The van der Waals surface area contributed by atoms with E-state index in [0.717, 1.165) is 10.5 Å². The standard InChI is InChI=1S/C7H18NO4PS2/c1-4-6-7-15(10,11)8(3)13(9,14)12-5-2/h4-7H2,1-3H3,(H,9,14). The van der Waals surface area contributed by atoms with Gasteiger partial charge in [-0.05, 0) is 25.2 Å². The Kier molecular flexibility index (Phi) is 6.47. The van der Waals surface area contributed by atoms with Crippen LogP contribution in [0.1, 0.15) is 26.7 Å². The topological polar surface area (TPSA) is 66.8 Å². The van der Waals surface area contributed by atoms with E-state index in [2.05, 4.69) is 0 Å². The van der Waals surface area contributed by atoms with Gasteiger partial charge in [-0.1, -0.05) is 13.3 Å². The van der Waals surface area contributed by atoms with Crippen molar-refractivity contribution in [2.24, 2.45) is 0 Å². The summed E-state index contributed by atoms with van der Waals surface area (Å²) in [4.78, 5) is 9.67. The van der Waals surface area contributed by atoms with E-state index in [9.17, 15) is 13.3 Å². The monoisotopic (exact) mass is 275 g/mol. The zero-order valence-electron chi connectivity index (χ0n) is 9.21. The molecule has 0 heterocycles. The first-order valence-electron chi connectivity index (χ1n) is 4.72. The Morgan fingerprint density at radius 3 is 2.40 bits per heavy atom. The van der Waals surface area contributed by atoms with Crippen LogP contribution in [0.5, 0.6) is 0 Å². The lowest BCUT2D eigenvalue weighted by molar-refractivity contribution is 0.302. The quantitative estimate of drug-likeness (QED) is 0.709. The second-order valence-electron chi connectivity index (χ2n) is 3.01. The van der Waals surface area contributed by atoms with Gasteiger partial charge in [-0.25, -0.2) is 8.42 Å². The average Bonchev–Trinajstić information content (AvgIpc) is 2.13. The molecule has 5 nitrogen and oxygen atoms in total. The Hall–Kier alpha value is 0.480. The molecular formula is C7H18NO4PS2. The van der Waals surface area contributed by atoms with Gasteiger partial charge in [0.1, 0.15) is 0 Å². The highest BCUT2D eigenvalue weighted by molar-refractivity contribution is 8.13. The molecule has 0 rings (SSSR count). The number of nitrogens with zero attached hydrogens (tertiary/aromatic N) is 1. The van der Waals surface area contributed by atoms with E-state index in [1.165, 1.54) is 7.05 Å². The van der Waals surface area contributed by atoms with Crippen molar-refractivity contribution in [2.45, 2.75) is 26.7 Å². The summed E-state index contributed by atoms with van der Waals surface area (Å²) in [7, 11) is -2.23. The van der Waals surface area contributed by atoms with Crippen LogP contribution in [-0.2, 0) is 26.4 Å². The molecule has 0 bridgehead atoms. The molecule has 0 spiro atoms. The summed E-state index contributed by atoms with van der Waals surface area (Å²) in [5, 5.41) is 0. The number of unbranched alkanes of at least 4 members (excludes halogenated alkanes) is 1. The van der Waals surface area contributed by atoms with Crippen molar-refractivity contribution in [3.8, 4) is 0 Å². The Balaban J connectivity index is 4.68. The molecule has 0 amide bonds. The van der Waals surface area contributed by atoms with Gasteiger partial charge in [0.15, 0.2) is 0 Å². The smallest absolute Gasteiger partial charge is 0.274 e. The normalized spacial score (nSPS) is 16.6. The molecule has 0 aromatic heterocycles. The van der Waals surface area contributed by atoms with E-state index in [0.29, 0.717) is 6.42 Å². The minimum Gasteiger partial charge on any atom is -0.333 e. The van der Waals surface area contributed by atoms with Crippen molar-refractivity contribution in [3.63, 3.8) is 0 Å². The molecular weight excluding hydrogens is 257 g/mol. The first-order valence-corrected chi connectivity index (χ1v) is 8.95. The van der Waals surface area contributed by atoms with E-state index in [1.54, 1.807) is 6.92 Å². The lowest BCUT2D eigenvalue weighted by Crippen LogP contribution is -2.27. The summed E-state index contributed by atoms with van der Waals surface area (Å²) in [6, 6.07) is 0. The zero-order valence-corrected chi connectivity index (χ0v) is 11.7. The number of sulfonamides is 1. The maximum absolute atomic E-state index is 11.7. The van der Waals surface area contributed by atoms with E-state index in [1.807, 2.05) is 6.92 Å². The third-order valence-corrected chi connectivity index (χ3v) is 7.50. The van der Waals surface area contributed by atoms with Crippen molar-refractivity contribution in [1.82, 2.24) is 4.08 Å². The van der Waals surface area contributed by atoms with Gasteiger partial charge < -0.3 is 9.42 Å². The van der Waals surface area contributed by atoms with E-state index < -0.39 is 16.7 Å². The molecule has 8 heteroatoms. The SMILES string of the molecule is CCCCS(=O)(=O)N(C)P(O)(=S)OCC. The molecule has 0 aliphatic heterocycles. The fourth-order valence-electron chi connectivity index (χ4n) is 0.866. The summed E-state index contributed by atoms with van der Waals surface area (Å²) in [6.07, 6.45) is 1.32. The van der Waals surface area contributed by atoms with Gasteiger partial charge in [-0.15, -0.1) is 4.08 Å². The first kappa shape index (κ1) is 15.5. The molecule has 0 fully saturated rings. The minimum absolute atomic E-state index is 0.00791. The fraction of sp³-hybridized carbons (Fsp3) is 1.00. The summed E-state index contributed by atoms with van der Waals surface area (Å²) in [6.45, 7) is 0.382. The number of rotatable bonds is 7. The summed E-state index contributed by atoms with van der Waals surface area (Å²) in [5.41, 5.74) is 0. The van der Waals surface area contributed by atoms with E-state index in [-0.39, 0.29) is 12.4 Å². The lowest BCUT2D eigenvalue weighted by atomic mass is 10.4. The molecule has 0 saturated heterocycles. The molecule has 0 aliphatic rings. The highest BCUT2D eigenvalue weighted by Crippen LogP contribution is 2.47. The average molecular weight is 275 g/mol. The molecule has 1 unspecified atom stereocenters. The Morgan fingerprint density at radius 1 is 1.47 bits per heavy atom. The predicted molar refractivity (Wildman–Crippen MR) is 64.6 cm³/mol. The van der Waals surface area contributed by atoms with Gasteiger partial charge in [-0.2, -0.15) is 0 Å². The van der Waals surface area contributed by atoms with E-state index >= 15 is 0 Å². The summed E-state index contributed by atoms with van der Waals surface area (Å²) < 4.78 is 29.0. The molecule has 0 aromatic carbocycles. The Morgan fingerprint density at radius 2 is 2.00 bits per heavy atom. The second kappa shape index (κ2) is 6.27. The summed E-state index contributed by atoms with van der Waals surface area (Å²) >= 11 is 4.75. The molecule has 0 aromatic rings. The molecule has 1 N–H and O–H groups in total. The third-order valence-electron chi connectivity index (χ3n) is 1.81. The van der Waals surface area contributed by atoms with Crippen LogP contribution < -0.4 is 0 Å².